The molecule has 0 radical (unpaired) electrons. The number of hydrogen-bond acceptors (Lipinski definition) is 4. The normalized spacial score (nSPS) is 17.1. The Morgan fingerprint density at radius 1 is 1.65 bits per heavy atom. The van der Waals surface area contributed by atoms with Crippen LogP contribution < -0.4 is 5.73 Å². The predicted octanol–water partition coefficient (Wildman–Crippen LogP) is 1.39. The summed E-state index contributed by atoms with van der Waals surface area (Å²) in [5, 5.41) is 8.31. The monoisotopic (exact) mass is 254 g/mol. The molecule has 1 aliphatic rings. The summed E-state index contributed by atoms with van der Waals surface area (Å²) < 4.78 is 7.06. The smallest absolute Gasteiger partial charge is 0.143 e. The molecule has 6 heteroatoms. The van der Waals surface area contributed by atoms with E-state index in [-0.39, 0.29) is 6.04 Å². The Morgan fingerprint density at radius 3 is 2.88 bits per heavy atom. The average molecular weight is 254 g/mol. The lowest BCUT2D eigenvalue weighted by Gasteiger charge is -2.14. The third-order valence-electron chi connectivity index (χ3n) is 3.09. The first-order valence-corrected chi connectivity index (χ1v) is 6.29. The Labute approximate surface area is 106 Å². The first-order chi connectivity index (χ1) is 8.15. The molecule has 0 spiro atoms. The summed E-state index contributed by atoms with van der Waals surface area (Å²) in [7, 11) is 1.70. The highest BCUT2D eigenvalue weighted by Crippen LogP contribution is 2.42. The lowest BCUT2D eigenvalue weighted by atomic mass is 10.2. The predicted molar refractivity (Wildman–Crippen MR) is 69.1 cm³/mol. The van der Waals surface area contributed by atoms with Crippen molar-refractivity contribution in [1.29, 1.82) is 0 Å². The Hall–Kier alpha value is -1.01. The van der Waals surface area contributed by atoms with Crippen molar-refractivity contribution in [3.63, 3.8) is 0 Å². The molecule has 0 aliphatic heterocycles. The van der Waals surface area contributed by atoms with Crippen molar-refractivity contribution in [2.45, 2.75) is 38.1 Å². The lowest BCUT2D eigenvalue weighted by Crippen LogP contribution is -2.16. The molecule has 2 rings (SSSR count). The molecule has 1 saturated carbocycles. The Bertz CT molecular complexity index is 414. The molecule has 0 saturated heterocycles. The minimum absolute atomic E-state index is 0.265. The number of thiocarbonyl (C=S) groups is 1. The van der Waals surface area contributed by atoms with Gasteiger partial charge in [0.2, 0.25) is 0 Å². The van der Waals surface area contributed by atoms with Crippen LogP contribution in [0.1, 0.15) is 49.5 Å². The number of nitrogens with zero attached hydrogens (tertiary/aromatic N) is 3. The van der Waals surface area contributed by atoms with E-state index in [4.69, 9.17) is 22.7 Å². The molecule has 94 valence electrons. The van der Waals surface area contributed by atoms with Gasteiger partial charge in [-0.25, -0.2) is 4.68 Å². The fourth-order valence-corrected chi connectivity index (χ4v) is 2.10. The van der Waals surface area contributed by atoms with Crippen molar-refractivity contribution in [2.75, 3.05) is 13.7 Å². The lowest BCUT2D eigenvalue weighted by molar-refractivity contribution is 0.177. The molecule has 1 atom stereocenters. The summed E-state index contributed by atoms with van der Waals surface area (Å²) in [4.78, 5) is 0.345. The highest BCUT2D eigenvalue weighted by molar-refractivity contribution is 7.80. The van der Waals surface area contributed by atoms with Crippen LogP contribution in [-0.4, -0.2) is 33.7 Å². The SMILES string of the molecule is COCCC(C)n1nnc(C(N)=S)c1C1CC1. The quantitative estimate of drug-likeness (QED) is 0.777. The molecule has 0 aromatic carbocycles. The van der Waals surface area contributed by atoms with Crippen molar-refractivity contribution in [2.24, 2.45) is 5.73 Å². The molecule has 1 unspecified atom stereocenters. The summed E-state index contributed by atoms with van der Waals surface area (Å²) in [5.74, 6) is 0.534. The molecule has 1 aliphatic carbocycles. The van der Waals surface area contributed by atoms with Crippen molar-refractivity contribution in [3.05, 3.63) is 11.4 Å². The van der Waals surface area contributed by atoms with Gasteiger partial charge in [0, 0.05) is 19.6 Å². The maximum atomic E-state index is 5.68. The molecule has 17 heavy (non-hydrogen) atoms. The van der Waals surface area contributed by atoms with Gasteiger partial charge in [0.1, 0.15) is 10.7 Å². The number of nitrogens with two attached hydrogens (primary N) is 1. The van der Waals surface area contributed by atoms with Crippen LogP contribution >= 0.6 is 12.2 Å². The van der Waals surface area contributed by atoms with Gasteiger partial charge < -0.3 is 10.5 Å². The largest absolute Gasteiger partial charge is 0.388 e. The van der Waals surface area contributed by atoms with Gasteiger partial charge >= 0.3 is 0 Å². The van der Waals surface area contributed by atoms with Gasteiger partial charge in [-0.3, -0.25) is 0 Å². The van der Waals surface area contributed by atoms with E-state index in [1.807, 2.05) is 4.68 Å². The second-order valence-corrected chi connectivity index (χ2v) is 4.98. The number of hydrogen-bond donors (Lipinski definition) is 1. The average Bonchev–Trinajstić information content (AvgIpc) is 3.04. The summed E-state index contributed by atoms with van der Waals surface area (Å²) in [6, 6.07) is 0.265. The summed E-state index contributed by atoms with van der Waals surface area (Å²) in [5.41, 5.74) is 7.50. The zero-order valence-electron chi connectivity index (χ0n) is 10.2. The molecule has 1 heterocycles. The highest BCUT2D eigenvalue weighted by atomic mass is 32.1. The van der Waals surface area contributed by atoms with Crippen LogP contribution in [0.4, 0.5) is 0 Å². The van der Waals surface area contributed by atoms with Crippen LogP contribution in [0.25, 0.3) is 0 Å². The van der Waals surface area contributed by atoms with Crippen LogP contribution in [0.15, 0.2) is 0 Å². The zero-order valence-corrected chi connectivity index (χ0v) is 11.0. The third kappa shape index (κ3) is 2.63. The maximum absolute atomic E-state index is 5.68. The van der Waals surface area contributed by atoms with Gasteiger partial charge in [0.05, 0.1) is 11.7 Å². The van der Waals surface area contributed by atoms with E-state index in [0.29, 0.717) is 23.2 Å². The topological polar surface area (TPSA) is 66.0 Å². The van der Waals surface area contributed by atoms with Gasteiger partial charge in [-0.2, -0.15) is 0 Å². The summed E-state index contributed by atoms with van der Waals surface area (Å²) in [6.45, 7) is 2.83. The van der Waals surface area contributed by atoms with Gasteiger partial charge in [-0.15, -0.1) is 5.10 Å². The van der Waals surface area contributed by atoms with Crippen LogP contribution in [0, 0.1) is 0 Å². The highest BCUT2D eigenvalue weighted by Gasteiger charge is 2.33. The van der Waals surface area contributed by atoms with E-state index in [9.17, 15) is 0 Å². The molecule has 2 N–H and O–H groups in total. The van der Waals surface area contributed by atoms with E-state index < -0.39 is 0 Å². The van der Waals surface area contributed by atoms with Crippen molar-refractivity contribution in [1.82, 2.24) is 15.0 Å². The van der Waals surface area contributed by atoms with E-state index in [0.717, 1.165) is 12.1 Å². The van der Waals surface area contributed by atoms with Crippen LogP contribution in [0.5, 0.6) is 0 Å². The number of ether oxygens (including phenoxy) is 1. The zero-order chi connectivity index (χ0) is 12.4. The second kappa shape index (κ2) is 5.10. The third-order valence-corrected chi connectivity index (χ3v) is 3.28. The van der Waals surface area contributed by atoms with Gasteiger partial charge in [-0.05, 0) is 26.2 Å². The van der Waals surface area contributed by atoms with Crippen LogP contribution in [0.3, 0.4) is 0 Å². The van der Waals surface area contributed by atoms with Crippen molar-refractivity contribution >= 4 is 17.2 Å². The Morgan fingerprint density at radius 2 is 2.35 bits per heavy atom. The fraction of sp³-hybridized carbons (Fsp3) is 0.727. The van der Waals surface area contributed by atoms with E-state index in [1.165, 1.54) is 12.8 Å². The Balaban J connectivity index is 2.24. The van der Waals surface area contributed by atoms with Gasteiger partial charge in [0.25, 0.3) is 0 Å². The summed E-state index contributed by atoms with van der Waals surface area (Å²) in [6.07, 6.45) is 3.27. The molecule has 0 bridgehead atoms. The van der Waals surface area contributed by atoms with E-state index in [1.54, 1.807) is 7.11 Å². The molecular formula is C11H18N4OS. The molecule has 1 aromatic heterocycles. The number of rotatable bonds is 6. The molecule has 0 amide bonds. The van der Waals surface area contributed by atoms with E-state index >= 15 is 0 Å². The minimum Gasteiger partial charge on any atom is -0.388 e. The summed E-state index contributed by atoms with van der Waals surface area (Å²) >= 11 is 5.02. The van der Waals surface area contributed by atoms with E-state index in [2.05, 4.69) is 17.2 Å². The van der Waals surface area contributed by atoms with Crippen molar-refractivity contribution in [3.8, 4) is 0 Å². The fourth-order valence-electron chi connectivity index (χ4n) is 1.95. The minimum atomic E-state index is 0.265. The molecular weight excluding hydrogens is 236 g/mol. The number of aromatic nitrogens is 3. The Kier molecular flexibility index (Phi) is 3.73. The maximum Gasteiger partial charge on any atom is 0.143 e. The number of methoxy groups -OCH3 is 1. The van der Waals surface area contributed by atoms with Gasteiger partial charge in [0.15, 0.2) is 0 Å². The van der Waals surface area contributed by atoms with Gasteiger partial charge in [-0.1, -0.05) is 17.4 Å². The molecule has 5 nitrogen and oxygen atoms in total. The molecule has 1 fully saturated rings. The van der Waals surface area contributed by atoms with Crippen LogP contribution in [-0.2, 0) is 4.74 Å². The first-order valence-electron chi connectivity index (χ1n) is 5.89. The second-order valence-electron chi connectivity index (χ2n) is 4.54. The standard InChI is InChI=1S/C11H18N4OS/c1-7(5-6-16-2)15-10(8-3-4-8)9(11(12)17)13-14-15/h7-8H,3-6H2,1-2H3,(H2,12,17). The molecule has 1 aromatic rings. The van der Waals surface area contributed by atoms with Crippen molar-refractivity contribution < 1.29 is 4.74 Å². The first kappa shape index (κ1) is 12.4. The van der Waals surface area contributed by atoms with Crippen LogP contribution in [0.2, 0.25) is 0 Å².